The van der Waals surface area contributed by atoms with Crippen molar-refractivity contribution in [3.63, 3.8) is 0 Å². The van der Waals surface area contributed by atoms with Gasteiger partial charge in [0.15, 0.2) is 11.1 Å². The van der Waals surface area contributed by atoms with Crippen LogP contribution in [0.25, 0.3) is 22.2 Å². The molecule has 5 nitrogen and oxygen atoms in total. The van der Waals surface area contributed by atoms with Gasteiger partial charge in [-0.1, -0.05) is 18.2 Å². The lowest BCUT2D eigenvalue weighted by Gasteiger charge is -2.08. The fraction of sp³-hybridized carbons (Fsp3) is 0.0952. The third-order valence-electron chi connectivity index (χ3n) is 4.48. The Balaban J connectivity index is 1.49. The summed E-state index contributed by atoms with van der Waals surface area (Å²) in [6.45, 7) is 0.0758. The van der Waals surface area contributed by atoms with E-state index in [9.17, 15) is 17.4 Å². The molecule has 4 rings (SSSR count). The lowest BCUT2D eigenvalue weighted by molar-refractivity contribution is -0.137. The van der Waals surface area contributed by atoms with E-state index in [4.69, 9.17) is 9.29 Å². The molecule has 0 aliphatic heterocycles. The molecule has 154 valence electrons. The van der Waals surface area contributed by atoms with E-state index in [0.717, 1.165) is 34.3 Å². The molecule has 0 aliphatic carbocycles. The highest BCUT2D eigenvalue weighted by atomic mass is 32.2. The van der Waals surface area contributed by atoms with Crippen LogP contribution in [0, 0.1) is 0 Å². The summed E-state index contributed by atoms with van der Waals surface area (Å²) in [6.07, 6.45) is -4.38. The summed E-state index contributed by atoms with van der Waals surface area (Å²) in [6, 6.07) is 16.8. The highest BCUT2D eigenvalue weighted by molar-refractivity contribution is 7.79. The number of H-pyrrole nitrogens is 1. The summed E-state index contributed by atoms with van der Waals surface area (Å²) in [5.41, 5.74) is 2.54. The molecule has 1 heterocycles. The summed E-state index contributed by atoms with van der Waals surface area (Å²) < 4.78 is 63.6. The summed E-state index contributed by atoms with van der Waals surface area (Å²) in [4.78, 5) is 7.88. The summed E-state index contributed by atoms with van der Waals surface area (Å²) in [5.74, 6) is 0.846. The second-order valence-corrected chi connectivity index (χ2v) is 7.47. The average molecular weight is 432 g/mol. The van der Waals surface area contributed by atoms with Gasteiger partial charge in [0, 0.05) is 0 Å². The van der Waals surface area contributed by atoms with Crippen molar-refractivity contribution in [1.29, 1.82) is 0 Å². The Bertz CT molecular complexity index is 1200. The molecule has 4 aromatic rings. The number of benzene rings is 3. The number of nitrogens with zero attached hydrogens (tertiary/aromatic N) is 1. The molecule has 0 fully saturated rings. The lowest BCUT2D eigenvalue weighted by atomic mass is 10.1. The highest BCUT2D eigenvalue weighted by Crippen LogP contribution is 2.30. The number of hydrogen-bond donors (Lipinski definition) is 2. The van der Waals surface area contributed by atoms with Crippen LogP contribution in [0.2, 0.25) is 0 Å². The zero-order valence-corrected chi connectivity index (χ0v) is 16.1. The van der Waals surface area contributed by atoms with E-state index >= 15 is 0 Å². The first-order valence-corrected chi connectivity index (χ1v) is 9.90. The van der Waals surface area contributed by atoms with Crippen LogP contribution in [0.1, 0.15) is 11.4 Å². The van der Waals surface area contributed by atoms with Crippen LogP contribution in [0.4, 0.5) is 13.2 Å². The molecule has 0 amide bonds. The van der Waals surface area contributed by atoms with Gasteiger partial charge in [-0.2, -0.15) is 13.2 Å². The van der Waals surface area contributed by atoms with E-state index in [2.05, 4.69) is 9.97 Å². The highest BCUT2D eigenvalue weighted by Gasteiger charge is 2.30. The number of alkyl halides is 3. The van der Waals surface area contributed by atoms with Crippen molar-refractivity contribution in [2.75, 3.05) is 0 Å². The second-order valence-electron chi connectivity index (χ2n) is 6.50. The van der Waals surface area contributed by atoms with Crippen LogP contribution in [-0.4, -0.2) is 18.7 Å². The number of fused-ring (bicyclic) bond motifs is 1. The van der Waals surface area contributed by atoms with Gasteiger partial charge in [-0.05, 0) is 59.7 Å². The minimum atomic E-state index is -4.38. The number of nitrogens with one attached hydrogen (secondary N) is 1. The molecule has 1 unspecified atom stereocenters. The Morgan fingerprint density at radius 3 is 2.27 bits per heavy atom. The SMILES string of the molecule is O=S(O)c1ccc(-c2ccc3nc(COc4ccc(C(F)(F)F)cc4)[nH]c3c2)cc1. The molecule has 0 saturated carbocycles. The van der Waals surface area contributed by atoms with Gasteiger partial charge < -0.3 is 14.3 Å². The summed E-state index contributed by atoms with van der Waals surface area (Å²) >= 11 is -2.02. The van der Waals surface area contributed by atoms with Crippen molar-refractivity contribution in [1.82, 2.24) is 9.97 Å². The molecule has 9 heteroatoms. The van der Waals surface area contributed by atoms with Gasteiger partial charge in [-0.15, -0.1) is 0 Å². The first kappa shape index (κ1) is 20.1. The van der Waals surface area contributed by atoms with Crippen molar-refractivity contribution in [2.45, 2.75) is 17.7 Å². The Labute approximate surface area is 171 Å². The Hall–Kier alpha value is -3.17. The molecule has 1 atom stereocenters. The number of imidazole rings is 1. The zero-order chi connectivity index (χ0) is 21.3. The second kappa shape index (κ2) is 7.92. The molecule has 3 aromatic carbocycles. The molecule has 0 saturated heterocycles. The van der Waals surface area contributed by atoms with Gasteiger partial charge in [0.1, 0.15) is 18.2 Å². The lowest BCUT2D eigenvalue weighted by Crippen LogP contribution is -2.04. The quantitative estimate of drug-likeness (QED) is 0.414. The standard InChI is InChI=1S/C21H15F3N2O3S/c22-21(23,24)15-4-6-16(7-5-15)29-12-20-25-18-10-3-14(11-19(18)26-20)13-1-8-17(9-2-13)30(27)28/h1-11H,12H2,(H,25,26)(H,27,28). The molecule has 0 radical (unpaired) electrons. The number of hydrogen-bond acceptors (Lipinski definition) is 3. The average Bonchev–Trinajstić information content (AvgIpc) is 3.14. The maximum absolute atomic E-state index is 12.6. The molecule has 30 heavy (non-hydrogen) atoms. The van der Waals surface area contributed by atoms with E-state index in [-0.39, 0.29) is 6.61 Å². The van der Waals surface area contributed by atoms with Gasteiger partial charge in [0.2, 0.25) is 0 Å². The predicted octanol–water partition coefficient (Wildman–Crippen LogP) is 5.41. The fourth-order valence-electron chi connectivity index (χ4n) is 2.97. The van der Waals surface area contributed by atoms with Crippen LogP contribution in [-0.2, 0) is 23.9 Å². The van der Waals surface area contributed by atoms with E-state index in [1.54, 1.807) is 24.3 Å². The third-order valence-corrected chi connectivity index (χ3v) is 5.15. The van der Waals surface area contributed by atoms with Gasteiger partial charge in [-0.3, -0.25) is 0 Å². The largest absolute Gasteiger partial charge is 0.486 e. The topological polar surface area (TPSA) is 75.2 Å². The van der Waals surface area contributed by atoms with E-state index in [0.29, 0.717) is 16.5 Å². The van der Waals surface area contributed by atoms with Crippen LogP contribution >= 0.6 is 0 Å². The maximum Gasteiger partial charge on any atom is 0.416 e. The fourth-order valence-corrected chi connectivity index (χ4v) is 3.33. The molecular weight excluding hydrogens is 417 g/mol. The van der Waals surface area contributed by atoms with Crippen molar-refractivity contribution in [3.05, 3.63) is 78.1 Å². The molecule has 0 spiro atoms. The smallest absolute Gasteiger partial charge is 0.416 e. The number of aromatic amines is 1. The normalized spacial score (nSPS) is 12.8. The molecular formula is C21H15F3N2O3S. The van der Waals surface area contributed by atoms with Gasteiger partial charge in [0.25, 0.3) is 0 Å². The minimum absolute atomic E-state index is 0.0758. The number of rotatable bonds is 5. The minimum Gasteiger partial charge on any atom is -0.486 e. The number of aromatic nitrogens is 2. The van der Waals surface area contributed by atoms with Crippen molar-refractivity contribution in [2.24, 2.45) is 0 Å². The van der Waals surface area contributed by atoms with Gasteiger partial charge >= 0.3 is 6.18 Å². The summed E-state index contributed by atoms with van der Waals surface area (Å²) in [5, 5.41) is 0. The molecule has 2 N–H and O–H groups in total. The van der Waals surface area contributed by atoms with E-state index in [1.807, 2.05) is 18.2 Å². The van der Waals surface area contributed by atoms with Crippen molar-refractivity contribution >= 4 is 22.1 Å². The van der Waals surface area contributed by atoms with Gasteiger partial charge in [-0.25, -0.2) is 9.19 Å². The third kappa shape index (κ3) is 4.37. The van der Waals surface area contributed by atoms with Crippen LogP contribution in [0.15, 0.2) is 71.6 Å². The first-order chi connectivity index (χ1) is 14.3. The number of ether oxygens (including phenoxy) is 1. The summed E-state index contributed by atoms with van der Waals surface area (Å²) in [7, 11) is 0. The number of halogens is 3. The van der Waals surface area contributed by atoms with Crippen molar-refractivity contribution in [3.8, 4) is 16.9 Å². The molecule has 1 aromatic heterocycles. The van der Waals surface area contributed by atoms with E-state index in [1.165, 1.54) is 12.1 Å². The van der Waals surface area contributed by atoms with Crippen LogP contribution in [0.3, 0.4) is 0 Å². The van der Waals surface area contributed by atoms with Crippen LogP contribution in [0.5, 0.6) is 5.75 Å². The van der Waals surface area contributed by atoms with Crippen LogP contribution < -0.4 is 4.74 Å². The maximum atomic E-state index is 12.6. The first-order valence-electron chi connectivity index (χ1n) is 8.79. The zero-order valence-electron chi connectivity index (χ0n) is 15.3. The Morgan fingerprint density at radius 2 is 1.63 bits per heavy atom. The monoisotopic (exact) mass is 432 g/mol. The predicted molar refractivity (Wildman–Crippen MR) is 106 cm³/mol. The van der Waals surface area contributed by atoms with Gasteiger partial charge in [0.05, 0.1) is 21.5 Å². The Kier molecular flexibility index (Phi) is 5.31. The molecule has 0 bridgehead atoms. The van der Waals surface area contributed by atoms with Crippen molar-refractivity contribution < 1.29 is 26.7 Å². The van der Waals surface area contributed by atoms with E-state index < -0.39 is 22.8 Å². The molecule has 0 aliphatic rings. The Morgan fingerprint density at radius 1 is 0.967 bits per heavy atom.